The van der Waals surface area contributed by atoms with Gasteiger partial charge in [0.2, 0.25) is 0 Å². The molecule has 8 nitrogen and oxygen atoms in total. The van der Waals surface area contributed by atoms with Crippen molar-refractivity contribution >= 4 is 16.8 Å². The molecule has 1 saturated heterocycles. The zero-order valence-corrected chi connectivity index (χ0v) is 15.7. The maximum atomic E-state index is 13.3. The van der Waals surface area contributed by atoms with Crippen LogP contribution in [-0.2, 0) is 6.54 Å². The number of hydrogen-bond donors (Lipinski definition) is 1. The van der Waals surface area contributed by atoms with E-state index in [0.717, 1.165) is 23.7 Å². The van der Waals surface area contributed by atoms with E-state index in [9.17, 15) is 9.59 Å². The quantitative estimate of drug-likeness (QED) is 0.581. The van der Waals surface area contributed by atoms with Gasteiger partial charge in [-0.15, -0.1) is 0 Å². The van der Waals surface area contributed by atoms with Gasteiger partial charge in [0.15, 0.2) is 5.82 Å². The summed E-state index contributed by atoms with van der Waals surface area (Å²) in [5.74, 6) is 0.617. The second-order valence-electron chi connectivity index (χ2n) is 7.22. The summed E-state index contributed by atoms with van der Waals surface area (Å²) < 4.78 is 3.20. The van der Waals surface area contributed by atoms with E-state index in [4.69, 9.17) is 0 Å². The molecule has 4 heterocycles. The highest BCUT2D eigenvalue weighted by atomic mass is 16.2. The van der Waals surface area contributed by atoms with Gasteiger partial charge in [-0.1, -0.05) is 6.07 Å². The topological polar surface area (TPSA) is 88.8 Å². The lowest BCUT2D eigenvalue weighted by atomic mass is 10.1. The van der Waals surface area contributed by atoms with Gasteiger partial charge in [0.1, 0.15) is 6.33 Å². The van der Waals surface area contributed by atoms with E-state index in [1.807, 2.05) is 35.4 Å². The zero-order chi connectivity index (χ0) is 19.8. The monoisotopic (exact) mass is 388 g/mol. The number of fused-ring (bicyclic) bond motifs is 1. The van der Waals surface area contributed by atoms with Crippen LogP contribution in [0.1, 0.15) is 23.2 Å². The Morgan fingerprint density at radius 1 is 1.21 bits per heavy atom. The fraction of sp³-hybridized carbons (Fsp3) is 0.238. The average molecular weight is 388 g/mol. The van der Waals surface area contributed by atoms with E-state index >= 15 is 0 Å². The van der Waals surface area contributed by atoms with Gasteiger partial charge in [-0.3, -0.25) is 14.2 Å². The van der Waals surface area contributed by atoms with Crippen LogP contribution >= 0.6 is 0 Å². The minimum absolute atomic E-state index is 0.00323. The van der Waals surface area contributed by atoms with Crippen LogP contribution < -0.4 is 5.56 Å². The van der Waals surface area contributed by atoms with E-state index in [-0.39, 0.29) is 17.5 Å². The SMILES string of the molecule is O=C(c1cccc2[nH]ccc12)N1CCCC1Cn1nc(-n2ccnc2)ccc1=O. The van der Waals surface area contributed by atoms with Gasteiger partial charge >= 0.3 is 0 Å². The molecule has 1 N–H and O–H groups in total. The lowest BCUT2D eigenvalue weighted by molar-refractivity contribution is 0.0722. The Labute approximate surface area is 166 Å². The molecule has 0 radical (unpaired) electrons. The number of aromatic nitrogens is 5. The lowest BCUT2D eigenvalue weighted by Crippen LogP contribution is -2.40. The Bertz CT molecular complexity index is 1220. The minimum Gasteiger partial charge on any atom is -0.361 e. The molecule has 5 rings (SSSR count). The number of carbonyl (C=O) groups excluding carboxylic acids is 1. The van der Waals surface area contributed by atoms with Gasteiger partial charge in [0.05, 0.1) is 12.6 Å². The molecule has 146 valence electrons. The fourth-order valence-corrected chi connectivity index (χ4v) is 4.02. The standard InChI is InChI=1S/C21H20N6O2/c28-20-7-6-19(25-12-10-22-14-25)24-27(20)13-15-3-2-11-26(15)21(29)17-4-1-5-18-16(17)8-9-23-18/h1,4-10,12,14-15,23H,2-3,11,13H2. The third-order valence-corrected chi connectivity index (χ3v) is 5.47. The molecule has 1 unspecified atom stereocenters. The van der Waals surface area contributed by atoms with Crippen LogP contribution in [0, 0.1) is 0 Å². The molecule has 1 amide bonds. The summed E-state index contributed by atoms with van der Waals surface area (Å²) in [6, 6.07) is 10.7. The fourth-order valence-electron chi connectivity index (χ4n) is 4.02. The number of H-pyrrole nitrogens is 1. The minimum atomic E-state index is -0.180. The molecular weight excluding hydrogens is 368 g/mol. The van der Waals surface area contributed by atoms with Crippen LogP contribution in [0.2, 0.25) is 0 Å². The molecule has 1 aliphatic heterocycles. The largest absolute Gasteiger partial charge is 0.361 e. The number of imidazole rings is 1. The van der Waals surface area contributed by atoms with Crippen LogP contribution in [0.4, 0.5) is 0 Å². The summed E-state index contributed by atoms with van der Waals surface area (Å²) in [6.07, 6.45) is 8.68. The maximum Gasteiger partial charge on any atom is 0.266 e. The molecule has 0 spiro atoms. The predicted molar refractivity (Wildman–Crippen MR) is 108 cm³/mol. The van der Waals surface area contributed by atoms with Crippen molar-refractivity contribution in [3.8, 4) is 5.82 Å². The molecule has 1 fully saturated rings. The molecule has 4 aromatic rings. The number of nitrogens with zero attached hydrogens (tertiary/aromatic N) is 5. The summed E-state index contributed by atoms with van der Waals surface area (Å²) in [7, 11) is 0. The molecule has 1 aromatic carbocycles. The summed E-state index contributed by atoms with van der Waals surface area (Å²) >= 11 is 0. The maximum absolute atomic E-state index is 13.3. The van der Waals surface area contributed by atoms with Crippen LogP contribution in [0.15, 0.2) is 66.1 Å². The zero-order valence-electron chi connectivity index (χ0n) is 15.7. The Morgan fingerprint density at radius 2 is 2.14 bits per heavy atom. The average Bonchev–Trinajstić information content (AvgIpc) is 3.50. The molecule has 29 heavy (non-hydrogen) atoms. The van der Waals surface area contributed by atoms with E-state index < -0.39 is 0 Å². The van der Waals surface area contributed by atoms with E-state index in [2.05, 4.69) is 15.1 Å². The van der Waals surface area contributed by atoms with E-state index in [0.29, 0.717) is 24.5 Å². The van der Waals surface area contributed by atoms with Crippen molar-refractivity contribution in [3.63, 3.8) is 0 Å². The lowest BCUT2D eigenvalue weighted by Gasteiger charge is -2.25. The first-order valence-corrected chi connectivity index (χ1v) is 9.64. The molecule has 0 bridgehead atoms. The molecule has 3 aromatic heterocycles. The summed E-state index contributed by atoms with van der Waals surface area (Å²) in [4.78, 5) is 34.7. The van der Waals surface area contributed by atoms with Crippen LogP contribution in [0.25, 0.3) is 16.7 Å². The number of benzene rings is 1. The Balaban J connectivity index is 1.43. The Morgan fingerprint density at radius 3 is 3.00 bits per heavy atom. The van der Waals surface area contributed by atoms with E-state index in [1.54, 1.807) is 29.4 Å². The number of carbonyl (C=O) groups is 1. The smallest absolute Gasteiger partial charge is 0.266 e. The van der Waals surface area contributed by atoms with Crippen molar-refractivity contribution in [2.45, 2.75) is 25.4 Å². The number of aromatic amines is 1. The predicted octanol–water partition coefficient (Wildman–Crippen LogP) is 2.22. The van der Waals surface area contributed by atoms with Crippen molar-refractivity contribution in [1.82, 2.24) is 29.2 Å². The van der Waals surface area contributed by atoms with Gasteiger partial charge in [-0.2, -0.15) is 5.10 Å². The van der Waals surface area contributed by atoms with Crippen LogP contribution in [-0.4, -0.2) is 47.7 Å². The van der Waals surface area contributed by atoms with Crippen molar-refractivity contribution in [3.05, 3.63) is 77.2 Å². The summed E-state index contributed by atoms with van der Waals surface area (Å²) in [5.41, 5.74) is 1.45. The van der Waals surface area contributed by atoms with Crippen LogP contribution in [0.5, 0.6) is 0 Å². The van der Waals surface area contributed by atoms with Gasteiger partial charge in [0, 0.05) is 47.7 Å². The second kappa shape index (κ2) is 7.05. The normalized spacial score (nSPS) is 16.6. The third-order valence-electron chi connectivity index (χ3n) is 5.47. The molecule has 1 atom stereocenters. The molecule has 0 aliphatic carbocycles. The highest BCUT2D eigenvalue weighted by molar-refractivity contribution is 6.06. The first-order chi connectivity index (χ1) is 14.2. The van der Waals surface area contributed by atoms with Crippen molar-refractivity contribution in [2.24, 2.45) is 0 Å². The van der Waals surface area contributed by atoms with Gasteiger partial charge in [-0.05, 0) is 37.1 Å². The highest BCUT2D eigenvalue weighted by Gasteiger charge is 2.31. The van der Waals surface area contributed by atoms with Gasteiger partial charge in [0.25, 0.3) is 11.5 Å². The highest BCUT2D eigenvalue weighted by Crippen LogP contribution is 2.25. The summed E-state index contributed by atoms with van der Waals surface area (Å²) in [5, 5.41) is 5.39. The molecule has 1 aliphatic rings. The van der Waals surface area contributed by atoms with Crippen LogP contribution in [0.3, 0.4) is 0 Å². The first kappa shape index (κ1) is 17.4. The van der Waals surface area contributed by atoms with Crippen molar-refractivity contribution < 1.29 is 4.79 Å². The Hall–Kier alpha value is -3.68. The summed E-state index contributed by atoms with van der Waals surface area (Å²) in [6.45, 7) is 1.05. The third kappa shape index (κ3) is 3.12. The van der Waals surface area contributed by atoms with Crippen molar-refractivity contribution in [1.29, 1.82) is 0 Å². The van der Waals surface area contributed by atoms with Gasteiger partial charge in [-0.25, -0.2) is 9.67 Å². The second-order valence-corrected chi connectivity index (χ2v) is 7.22. The number of likely N-dealkylation sites (tertiary alicyclic amines) is 1. The molecule has 0 saturated carbocycles. The first-order valence-electron chi connectivity index (χ1n) is 9.64. The number of nitrogens with one attached hydrogen (secondary N) is 1. The number of rotatable bonds is 4. The number of hydrogen-bond acceptors (Lipinski definition) is 4. The molecule has 8 heteroatoms. The van der Waals surface area contributed by atoms with Crippen molar-refractivity contribution in [2.75, 3.05) is 6.54 Å². The Kier molecular flexibility index (Phi) is 4.23. The van der Waals surface area contributed by atoms with Gasteiger partial charge < -0.3 is 9.88 Å². The number of amides is 1. The van der Waals surface area contributed by atoms with E-state index in [1.165, 1.54) is 10.7 Å². The molecular formula is C21H20N6O2.